The number of aryl methyl sites for hydroxylation is 1. The largest absolute Gasteiger partial charge is 0.318 e. The van der Waals surface area contributed by atoms with Crippen molar-refractivity contribution >= 4 is 32.7 Å². The molecule has 4 rings (SSSR count). The van der Waals surface area contributed by atoms with Gasteiger partial charge in [-0.05, 0) is 55.6 Å². The number of hydrogen-bond acceptors (Lipinski definition) is 5. The van der Waals surface area contributed by atoms with Gasteiger partial charge >= 0.3 is 0 Å². The summed E-state index contributed by atoms with van der Waals surface area (Å²) < 4.78 is 25.0. The first-order valence-electron chi connectivity index (χ1n) is 8.16. The number of benzene rings is 1. The van der Waals surface area contributed by atoms with E-state index < -0.39 is 10.0 Å². The molecule has 0 saturated carbocycles. The summed E-state index contributed by atoms with van der Waals surface area (Å²) in [5.41, 5.74) is 5.01. The Balaban J connectivity index is 1.74. The molecule has 27 heavy (non-hydrogen) atoms. The number of primary sulfonamides is 1. The molecule has 0 aliphatic heterocycles. The average molecular weight is 416 g/mol. The molecule has 0 saturated heterocycles. The summed E-state index contributed by atoms with van der Waals surface area (Å²) in [5.74, 6) is 0. The summed E-state index contributed by atoms with van der Waals surface area (Å²) in [5, 5.41) is 10.3. The van der Waals surface area contributed by atoms with Crippen LogP contribution >= 0.6 is 22.7 Å². The number of thiophene rings is 1. The van der Waals surface area contributed by atoms with Gasteiger partial charge in [-0.25, -0.2) is 18.5 Å². The minimum Gasteiger partial charge on any atom is -0.318 e. The second-order valence-electron chi connectivity index (χ2n) is 6.17. The van der Waals surface area contributed by atoms with E-state index in [1.54, 1.807) is 34.8 Å². The number of aromatic nitrogens is 2. The Kier molecular flexibility index (Phi) is 4.51. The van der Waals surface area contributed by atoms with E-state index in [-0.39, 0.29) is 4.90 Å². The fourth-order valence-corrected chi connectivity index (χ4v) is 5.26. The van der Waals surface area contributed by atoms with Crippen molar-refractivity contribution < 1.29 is 8.42 Å². The molecule has 0 bridgehead atoms. The second-order valence-corrected chi connectivity index (χ2v) is 9.54. The molecule has 0 radical (unpaired) electrons. The third kappa shape index (κ3) is 3.37. The highest BCUT2D eigenvalue weighted by Crippen LogP contribution is 2.34. The van der Waals surface area contributed by atoms with Crippen molar-refractivity contribution in [3.63, 3.8) is 0 Å². The molecule has 0 amide bonds. The Morgan fingerprint density at radius 1 is 1.07 bits per heavy atom. The zero-order valence-corrected chi connectivity index (χ0v) is 17.2. The van der Waals surface area contributed by atoms with Crippen molar-refractivity contribution in [1.82, 2.24) is 9.55 Å². The number of thiazole rings is 1. The highest BCUT2D eigenvalue weighted by atomic mass is 32.2. The molecule has 0 aliphatic rings. The van der Waals surface area contributed by atoms with Crippen LogP contribution in [0.15, 0.2) is 58.1 Å². The van der Waals surface area contributed by atoms with Crippen molar-refractivity contribution in [3.8, 4) is 26.8 Å². The van der Waals surface area contributed by atoms with Gasteiger partial charge in [-0.1, -0.05) is 6.07 Å². The van der Waals surface area contributed by atoms with Crippen molar-refractivity contribution in [2.75, 3.05) is 0 Å². The van der Waals surface area contributed by atoms with Crippen molar-refractivity contribution in [2.45, 2.75) is 18.7 Å². The van der Waals surface area contributed by atoms with Crippen LogP contribution in [0, 0.1) is 13.8 Å². The van der Waals surface area contributed by atoms with E-state index in [1.165, 1.54) is 17.0 Å². The van der Waals surface area contributed by atoms with E-state index in [4.69, 9.17) is 10.1 Å². The lowest BCUT2D eigenvalue weighted by Gasteiger charge is -2.10. The van der Waals surface area contributed by atoms with Gasteiger partial charge in [0.1, 0.15) is 5.01 Å². The Morgan fingerprint density at radius 2 is 1.81 bits per heavy atom. The van der Waals surface area contributed by atoms with E-state index >= 15 is 0 Å². The van der Waals surface area contributed by atoms with Crippen LogP contribution in [-0.2, 0) is 10.0 Å². The van der Waals surface area contributed by atoms with Crippen molar-refractivity contribution in [1.29, 1.82) is 0 Å². The van der Waals surface area contributed by atoms with Crippen LogP contribution in [-0.4, -0.2) is 18.0 Å². The number of nitrogens with zero attached hydrogens (tertiary/aromatic N) is 2. The van der Waals surface area contributed by atoms with E-state index in [0.717, 1.165) is 33.3 Å². The Bertz CT molecular complexity index is 1200. The molecule has 0 spiro atoms. The number of hydrogen-bond donors (Lipinski definition) is 1. The fourth-order valence-electron chi connectivity index (χ4n) is 3.12. The fraction of sp³-hybridized carbons (Fsp3) is 0.105. The van der Waals surface area contributed by atoms with Crippen LogP contribution in [0.2, 0.25) is 0 Å². The molecule has 0 aliphatic carbocycles. The van der Waals surface area contributed by atoms with Gasteiger partial charge in [-0.3, -0.25) is 0 Å². The zero-order valence-electron chi connectivity index (χ0n) is 14.7. The number of rotatable bonds is 4. The van der Waals surface area contributed by atoms with Gasteiger partial charge < -0.3 is 4.57 Å². The van der Waals surface area contributed by atoms with Crippen LogP contribution < -0.4 is 5.14 Å². The first-order valence-corrected chi connectivity index (χ1v) is 11.5. The lowest BCUT2D eigenvalue weighted by molar-refractivity contribution is 0.598. The Morgan fingerprint density at radius 3 is 2.44 bits per heavy atom. The summed E-state index contributed by atoms with van der Waals surface area (Å²) in [7, 11) is -3.70. The first kappa shape index (κ1) is 18.1. The average Bonchev–Trinajstić information content (AvgIpc) is 3.34. The number of sulfonamides is 1. The van der Waals surface area contributed by atoms with Gasteiger partial charge in [0, 0.05) is 28.0 Å². The Hall–Kier alpha value is -2.26. The van der Waals surface area contributed by atoms with Gasteiger partial charge in [0.2, 0.25) is 10.0 Å². The van der Waals surface area contributed by atoms with Gasteiger partial charge in [0.15, 0.2) is 0 Å². The number of nitrogens with two attached hydrogens (primary N) is 1. The third-order valence-corrected chi connectivity index (χ3v) is 7.18. The maximum absolute atomic E-state index is 11.5. The van der Waals surface area contributed by atoms with Crippen molar-refractivity contribution in [3.05, 3.63) is 64.6 Å². The molecule has 0 unspecified atom stereocenters. The summed E-state index contributed by atoms with van der Waals surface area (Å²) in [6, 6.07) is 12.8. The van der Waals surface area contributed by atoms with Crippen molar-refractivity contribution in [2.24, 2.45) is 5.14 Å². The molecule has 3 aromatic heterocycles. The topological polar surface area (TPSA) is 78.0 Å². The minimum absolute atomic E-state index is 0.106. The van der Waals surface area contributed by atoms with Crippen LogP contribution in [0.3, 0.4) is 0 Å². The smallest absolute Gasteiger partial charge is 0.238 e. The predicted molar refractivity (Wildman–Crippen MR) is 111 cm³/mol. The van der Waals surface area contributed by atoms with Crippen LogP contribution in [0.1, 0.15) is 11.4 Å². The lowest BCUT2D eigenvalue weighted by atomic mass is 10.2. The molecule has 138 valence electrons. The van der Waals surface area contributed by atoms with E-state index in [9.17, 15) is 8.42 Å². The normalized spacial score (nSPS) is 11.8. The van der Waals surface area contributed by atoms with E-state index in [2.05, 4.69) is 22.1 Å². The monoisotopic (exact) mass is 415 g/mol. The zero-order chi connectivity index (χ0) is 19.2. The van der Waals surface area contributed by atoms with Gasteiger partial charge in [0.25, 0.3) is 0 Å². The second kappa shape index (κ2) is 6.72. The van der Waals surface area contributed by atoms with Gasteiger partial charge in [-0.15, -0.1) is 22.7 Å². The maximum atomic E-state index is 11.5. The molecule has 0 atom stereocenters. The van der Waals surface area contributed by atoms with Gasteiger partial charge in [-0.2, -0.15) is 0 Å². The molecular formula is C19H17N3O2S3. The highest BCUT2D eigenvalue weighted by molar-refractivity contribution is 7.89. The minimum atomic E-state index is -3.70. The van der Waals surface area contributed by atoms with Gasteiger partial charge in [0.05, 0.1) is 15.5 Å². The molecule has 4 aromatic rings. The predicted octanol–water partition coefficient (Wildman–Crippen LogP) is 4.59. The molecule has 1 aromatic carbocycles. The SMILES string of the molecule is Cc1cc(-c2csc(-c3cccs3)n2)c(C)n1-c1ccc(S(N)(=O)=O)cc1. The summed E-state index contributed by atoms with van der Waals surface area (Å²) >= 11 is 3.32. The highest BCUT2D eigenvalue weighted by Gasteiger charge is 2.16. The maximum Gasteiger partial charge on any atom is 0.238 e. The summed E-state index contributed by atoms with van der Waals surface area (Å²) in [6.45, 7) is 4.07. The molecule has 5 nitrogen and oxygen atoms in total. The lowest BCUT2D eigenvalue weighted by Crippen LogP contribution is -2.12. The van der Waals surface area contributed by atoms with Crippen LogP contribution in [0.5, 0.6) is 0 Å². The molecule has 3 heterocycles. The quantitative estimate of drug-likeness (QED) is 0.529. The standard InChI is InChI=1S/C19H17N3O2S3/c1-12-10-16(17-11-26-19(21-17)18-4-3-9-25-18)13(2)22(12)14-5-7-15(8-6-14)27(20,23)24/h3-11H,1-2H3,(H2,20,23,24). The summed E-state index contributed by atoms with van der Waals surface area (Å²) in [6.07, 6.45) is 0. The van der Waals surface area contributed by atoms with E-state index in [0.29, 0.717) is 0 Å². The molecule has 0 fully saturated rings. The molecule has 8 heteroatoms. The summed E-state index contributed by atoms with van der Waals surface area (Å²) in [4.78, 5) is 6.07. The third-order valence-electron chi connectivity index (χ3n) is 4.37. The van der Waals surface area contributed by atoms with Crippen LogP contribution in [0.4, 0.5) is 0 Å². The Labute approximate surface area is 165 Å². The van der Waals surface area contributed by atoms with E-state index in [1.807, 2.05) is 25.3 Å². The molecular weight excluding hydrogens is 398 g/mol. The van der Waals surface area contributed by atoms with Crippen LogP contribution in [0.25, 0.3) is 26.8 Å². The first-order chi connectivity index (χ1) is 12.8. The molecule has 2 N–H and O–H groups in total.